The summed E-state index contributed by atoms with van der Waals surface area (Å²) in [5, 5.41) is 6.21. The number of amides is 2. The minimum atomic E-state index is 0.0211. The van der Waals surface area contributed by atoms with Gasteiger partial charge in [0.05, 0.1) is 6.54 Å². The van der Waals surface area contributed by atoms with E-state index >= 15 is 0 Å². The minimum absolute atomic E-state index is 0.0211. The van der Waals surface area contributed by atoms with Crippen molar-refractivity contribution in [3.63, 3.8) is 0 Å². The van der Waals surface area contributed by atoms with Gasteiger partial charge in [-0.2, -0.15) is 0 Å². The molecule has 1 aliphatic carbocycles. The van der Waals surface area contributed by atoms with E-state index in [1.165, 1.54) is 11.3 Å². The van der Waals surface area contributed by atoms with Gasteiger partial charge in [0, 0.05) is 69.1 Å². The first-order valence-corrected chi connectivity index (χ1v) is 13.1. The average molecular weight is 476 g/mol. The van der Waals surface area contributed by atoms with Crippen molar-refractivity contribution in [3.05, 3.63) is 60.2 Å². The van der Waals surface area contributed by atoms with E-state index in [4.69, 9.17) is 0 Å². The summed E-state index contributed by atoms with van der Waals surface area (Å²) >= 11 is 0. The number of rotatable bonds is 8. The Labute approximate surface area is 208 Å². The van der Waals surface area contributed by atoms with Gasteiger partial charge in [-0.1, -0.05) is 30.3 Å². The Morgan fingerprint density at radius 3 is 2.11 bits per heavy atom. The molecule has 3 aliphatic rings. The lowest BCUT2D eigenvalue weighted by Crippen LogP contribution is -2.46. The van der Waals surface area contributed by atoms with Crippen molar-refractivity contribution >= 4 is 23.2 Å². The van der Waals surface area contributed by atoms with Crippen molar-refractivity contribution in [2.75, 3.05) is 56.0 Å². The Morgan fingerprint density at radius 2 is 1.46 bits per heavy atom. The first kappa shape index (κ1) is 23.8. The monoisotopic (exact) mass is 475 g/mol. The summed E-state index contributed by atoms with van der Waals surface area (Å²) in [5.74, 6) is 0.501. The van der Waals surface area contributed by atoms with Gasteiger partial charge in [0.1, 0.15) is 0 Å². The highest BCUT2D eigenvalue weighted by Gasteiger charge is 2.32. The van der Waals surface area contributed by atoms with Crippen LogP contribution < -0.4 is 15.5 Å². The maximum Gasteiger partial charge on any atom is 0.238 e. The molecule has 0 bridgehead atoms. The van der Waals surface area contributed by atoms with Crippen LogP contribution in [0.25, 0.3) is 0 Å². The minimum Gasteiger partial charge on any atom is -0.369 e. The van der Waals surface area contributed by atoms with Gasteiger partial charge >= 0.3 is 0 Å². The Kier molecular flexibility index (Phi) is 7.64. The fourth-order valence-corrected chi connectivity index (χ4v) is 5.06. The van der Waals surface area contributed by atoms with Crippen LogP contribution in [-0.4, -0.2) is 73.5 Å². The van der Waals surface area contributed by atoms with E-state index in [-0.39, 0.29) is 23.8 Å². The lowest BCUT2D eigenvalue weighted by Gasteiger charge is -2.36. The molecule has 2 amide bonds. The van der Waals surface area contributed by atoms with Crippen LogP contribution in [0.5, 0.6) is 0 Å². The zero-order chi connectivity index (χ0) is 24.0. The quantitative estimate of drug-likeness (QED) is 0.615. The molecule has 2 aromatic rings. The normalized spacial score (nSPS) is 19.9. The topological polar surface area (TPSA) is 67.9 Å². The second kappa shape index (κ2) is 11.2. The first-order valence-electron chi connectivity index (χ1n) is 13.1. The molecule has 2 heterocycles. The molecular weight excluding hydrogens is 438 g/mol. The third-order valence-electron chi connectivity index (χ3n) is 7.39. The lowest BCUT2D eigenvalue weighted by atomic mass is 10.0. The van der Waals surface area contributed by atoms with Crippen LogP contribution >= 0.6 is 0 Å². The number of hydrogen-bond donors (Lipinski definition) is 2. The standard InChI is InChI=1S/C28H37N5O2/c34-27(21-31-14-12-25(13-15-31)30-28(35)23-6-7-23)29-24-8-10-26(11-9-24)33-18-16-32(17-19-33)20-22-4-2-1-3-5-22/h1-5,8-11,23,25H,6-7,12-21H2,(H,29,34)(H,30,35). The summed E-state index contributed by atoms with van der Waals surface area (Å²) in [5.41, 5.74) is 3.41. The van der Waals surface area contributed by atoms with Crippen LogP contribution in [0.3, 0.4) is 0 Å². The molecule has 0 atom stereocenters. The molecule has 0 unspecified atom stereocenters. The summed E-state index contributed by atoms with van der Waals surface area (Å²) in [6.07, 6.45) is 3.91. The predicted octanol–water partition coefficient (Wildman–Crippen LogP) is 2.94. The van der Waals surface area contributed by atoms with Gasteiger partial charge in [0.25, 0.3) is 0 Å². The van der Waals surface area contributed by atoms with E-state index in [0.717, 1.165) is 77.2 Å². The van der Waals surface area contributed by atoms with Crippen molar-refractivity contribution in [2.45, 2.75) is 38.3 Å². The van der Waals surface area contributed by atoms with Crippen LogP contribution in [-0.2, 0) is 16.1 Å². The van der Waals surface area contributed by atoms with Crippen LogP contribution in [0, 0.1) is 5.92 Å². The molecule has 0 radical (unpaired) electrons. The first-order chi connectivity index (χ1) is 17.1. The van der Waals surface area contributed by atoms with Crippen molar-refractivity contribution in [1.82, 2.24) is 15.1 Å². The fourth-order valence-electron chi connectivity index (χ4n) is 5.06. The summed E-state index contributed by atoms with van der Waals surface area (Å²) in [7, 11) is 0. The van der Waals surface area contributed by atoms with Gasteiger partial charge in [0.15, 0.2) is 0 Å². The van der Waals surface area contributed by atoms with Crippen molar-refractivity contribution in [1.29, 1.82) is 0 Å². The van der Waals surface area contributed by atoms with Crippen molar-refractivity contribution in [3.8, 4) is 0 Å². The molecule has 35 heavy (non-hydrogen) atoms. The largest absolute Gasteiger partial charge is 0.369 e. The summed E-state index contributed by atoms with van der Waals surface area (Å²) in [6.45, 7) is 7.21. The average Bonchev–Trinajstić information content (AvgIpc) is 3.73. The van der Waals surface area contributed by atoms with Gasteiger partial charge in [0.2, 0.25) is 11.8 Å². The number of nitrogens with one attached hydrogen (secondary N) is 2. The summed E-state index contributed by atoms with van der Waals surface area (Å²) in [4.78, 5) is 31.6. The van der Waals surface area contributed by atoms with E-state index in [1.807, 2.05) is 12.1 Å². The number of likely N-dealkylation sites (tertiary alicyclic amines) is 1. The van der Waals surface area contributed by atoms with E-state index in [9.17, 15) is 9.59 Å². The lowest BCUT2D eigenvalue weighted by molar-refractivity contribution is -0.123. The van der Waals surface area contributed by atoms with Gasteiger partial charge < -0.3 is 15.5 Å². The van der Waals surface area contributed by atoms with Gasteiger partial charge in [-0.15, -0.1) is 0 Å². The fraction of sp³-hybridized carbons (Fsp3) is 0.500. The SMILES string of the molecule is O=C(CN1CCC(NC(=O)C2CC2)CC1)Nc1ccc(N2CCN(Cc3ccccc3)CC2)cc1. The molecule has 3 fully saturated rings. The van der Waals surface area contributed by atoms with E-state index in [1.54, 1.807) is 0 Å². The van der Waals surface area contributed by atoms with E-state index in [2.05, 4.69) is 67.8 Å². The number of hydrogen-bond acceptors (Lipinski definition) is 5. The van der Waals surface area contributed by atoms with Crippen LogP contribution in [0.15, 0.2) is 54.6 Å². The maximum absolute atomic E-state index is 12.6. The van der Waals surface area contributed by atoms with Crippen LogP contribution in [0.1, 0.15) is 31.2 Å². The highest BCUT2D eigenvalue weighted by molar-refractivity contribution is 5.92. The molecular formula is C28H37N5O2. The molecule has 0 spiro atoms. The third-order valence-corrected chi connectivity index (χ3v) is 7.39. The number of carbonyl (C=O) groups excluding carboxylic acids is 2. The molecule has 1 saturated carbocycles. The van der Waals surface area contributed by atoms with Gasteiger partial charge in [-0.3, -0.25) is 19.4 Å². The Hall–Kier alpha value is -2.90. The second-order valence-electron chi connectivity index (χ2n) is 10.2. The number of piperidine rings is 1. The smallest absolute Gasteiger partial charge is 0.238 e. The zero-order valence-electron chi connectivity index (χ0n) is 20.5. The van der Waals surface area contributed by atoms with Gasteiger partial charge in [-0.25, -0.2) is 0 Å². The van der Waals surface area contributed by atoms with E-state index in [0.29, 0.717) is 6.54 Å². The second-order valence-corrected chi connectivity index (χ2v) is 10.2. The van der Waals surface area contributed by atoms with Crippen LogP contribution in [0.2, 0.25) is 0 Å². The number of benzene rings is 2. The maximum atomic E-state index is 12.6. The van der Waals surface area contributed by atoms with Crippen molar-refractivity contribution < 1.29 is 9.59 Å². The predicted molar refractivity (Wildman–Crippen MR) is 139 cm³/mol. The highest BCUT2D eigenvalue weighted by Crippen LogP contribution is 2.29. The zero-order valence-corrected chi connectivity index (χ0v) is 20.5. The number of nitrogens with zero attached hydrogens (tertiary/aromatic N) is 3. The summed E-state index contributed by atoms with van der Waals surface area (Å²) < 4.78 is 0. The molecule has 2 N–H and O–H groups in total. The van der Waals surface area contributed by atoms with Crippen LogP contribution in [0.4, 0.5) is 11.4 Å². The van der Waals surface area contributed by atoms with Crippen molar-refractivity contribution in [2.24, 2.45) is 5.92 Å². The molecule has 7 nitrogen and oxygen atoms in total. The third kappa shape index (κ3) is 6.83. The molecule has 0 aromatic heterocycles. The summed E-state index contributed by atoms with van der Waals surface area (Å²) in [6, 6.07) is 19.1. The molecule has 186 valence electrons. The Morgan fingerprint density at radius 1 is 0.771 bits per heavy atom. The molecule has 2 aliphatic heterocycles. The van der Waals surface area contributed by atoms with Gasteiger partial charge in [-0.05, 0) is 55.5 Å². The molecule has 2 aromatic carbocycles. The number of anilines is 2. The molecule has 5 rings (SSSR count). The Balaban J connectivity index is 1.02. The number of piperazine rings is 1. The highest BCUT2D eigenvalue weighted by atomic mass is 16.2. The molecule has 2 saturated heterocycles. The number of carbonyl (C=O) groups is 2. The van der Waals surface area contributed by atoms with E-state index < -0.39 is 0 Å². The molecule has 7 heteroatoms. The Bertz CT molecular complexity index is 976.